The Morgan fingerprint density at radius 1 is 1.03 bits per heavy atom. The highest BCUT2D eigenvalue weighted by atomic mass is 32.1. The number of benzene rings is 2. The standard InChI is InChI=1S/C22H18FN5OS/c1-15-4-7-18(27-21(29)26-17-8-5-16(23)6-9-17)13-20(15)28(22-25-11-12-30-22)19-3-2-10-24-14-19/h2-14H,1H3,(H2,26,27,29). The summed E-state index contributed by atoms with van der Waals surface area (Å²) >= 11 is 1.51. The number of carbonyl (C=O) groups excluding carboxylic acids is 1. The average Bonchev–Trinajstić information content (AvgIpc) is 3.27. The van der Waals surface area contributed by atoms with Gasteiger partial charge >= 0.3 is 6.03 Å². The molecule has 4 aromatic rings. The van der Waals surface area contributed by atoms with Crippen LogP contribution in [0.4, 0.5) is 37.1 Å². The molecule has 2 N–H and O–H groups in total. The van der Waals surface area contributed by atoms with Crippen LogP contribution in [0.2, 0.25) is 0 Å². The Labute approximate surface area is 177 Å². The normalized spacial score (nSPS) is 10.5. The Balaban J connectivity index is 1.61. The molecule has 0 radical (unpaired) electrons. The van der Waals surface area contributed by atoms with E-state index in [1.165, 1.54) is 35.6 Å². The molecule has 30 heavy (non-hydrogen) atoms. The largest absolute Gasteiger partial charge is 0.323 e. The minimum atomic E-state index is -0.418. The zero-order valence-corrected chi connectivity index (χ0v) is 16.9. The van der Waals surface area contributed by atoms with E-state index in [4.69, 9.17) is 0 Å². The number of anilines is 5. The second-order valence-electron chi connectivity index (χ2n) is 6.45. The van der Waals surface area contributed by atoms with E-state index >= 15 is 0 Å². The minimum absolute atomic E-state index is 0.359. The summed E-state index contributed by atoms with van der Waals surface area (Å²) in [6, 6.07) is 14.6. The molecule has 150 valence electrons. The highest BCUT2D eigenvalue weighted by Crippen LogP contribution is 2.38. The van der Waals surface area contributed by atoms with Crippen molar-refractivity contribution in [2.45, 2.75) is 6.92 Å². The Kier molecular flexibility index (Phi) is 5.67. The molecule has 0 spiro atoms. The van der Waals surface area contributed by atoms with E-state index < -0.39 is 6.03 Å². The first-order valence-electron chi connectivity index (χ1n) is 9.14. The molecule has 0 atom stereocenters. The van der Waals surface area contributed by atoms with E-state index in [-0.39, 0.29) is 5.82 Å². The van der Waals surface area contributed by atoms with E-state index in [1.54, 1.807) is 18.6 Å². The van der Waals surface area contributed by atoms with Crippen molar-refractivity contribution in [2.75, 3.05) is 15.5 Å². The smallest absolute Gasteiger partial charge is 0.308 e. The summed E-state index contributed by atoms with van der Waals surface area (Å²) in [5, 5.41) is 8.21. The SMILES string of the molecule is Cc1ccc(NC(=O)Nc2ccc(F)cc2)cc1N(c1cccnc1)c1nccs1. The van der Waals surface area contributed by atoms with Crippen LogP contribution in [0.15, 0.2) is 78.6 Å². The maximum atomic E-state index is 13.0. The number of aryl methyl sites for hydroxylation is 1. The van der Waals surface area contributed by atoms with E-state index in [0.29, 0.717) is 11.4 Å². The highest BCUT2D eigenvalue weighted by Gasteiger charge is 2.17. The molecule has 2 heterocycles. The van der Waals surface area contributed by atoms with Crippen LogP contribution in [0.5, 0.6) is 0 Å². The lowest BCUT2D eigenvalue weighted by Crippen LogP contribution is -2.20. The molecule has 0 aliphatic carbocycles. The van der Waals surface area contributed by atoms with Crippen molar-refractivity contribution >= 4 is 45.2 Å². The Hall–Kier alpha value is -3.78. The molecule has 0 unspecified atom stereocenters. The molecule has 6 nitrogen and oxygen atoms in total. The summed E-state index contributed by atoms with van der Waals surface area (Å²) in [6.45, 7) is 1.99. The van der Waals surface area contributed by atoms with Gasteiger partial charge in [0.05, 0.1) is 17.6 Å². The predicted molar refractivity (Wildman–Crippen MR) is 118 cm³/mol. The number of hydrogen-bond acceptors (Lipinski definition) is 5. The van der Waals surface area contributed by atoms with Crippen molar-refractivity contribution in [3.05, 3.63) is 89.9 Å². The molecule has 2 aromatic carbocycles. The van der Waals surface area contributed by atoms with Crippen molar-refractivity contribution < 1.29 is 9.18 Å². The number of thiazole rings is 1. The highest BCUT2D eigenvalue weighted by molar-refractivity contribution is 7.13. The van der Waals surface area contributed by atoms with E-state index in [1.807, 2.05) is 47.5 Å². The van der Waals surface area contributed by atoms with Gasteiger partial charge in [-0.3, -0.25) is 9.88 Å². The zero-order valence-electron chi connectivity index (χ0n) is 16.0. The van der Waals surface area contributed by atoms with Crippen molar-refractivity contribution in [3.8, 4) is 0 Å². The maximum Gasteiger partial charge on any atom is 0.323 e. The summed E-state index contributed by atoms with van der Waals surface area (Å²) in [5.74, 6) is -0.359. The third-order valence-electron chi connectivity index (χ3n) is 4.32. The number of carbonyl (C=O) groups is 1. The van der Waals surface area contributed by atoms with Gasteiger partial charge in [-0.15, -0.1) is 11.3 Å². The number of hydrogen-bond donors (Lipinski definition) is 2. The van der Waals surface area contributed by atoms with Gasteiger partial charge in [-0.05, 0) is 61.0 Å². The van der Waals surface area contributed by atoms with Crippen molar-refractivity contribution in [2.24, 2.45) is 0 Å². The lowest BCUT2D eigenvalue weighted by Gasteiger charge is -2.24. The summed E-state index contributed by atoms with van der Waals surface area (Å²) in [7, 11) is 0. The van der Waals surface area contributed by atoms with Gasteiger partial charge in [-0.2, -0.15) is 0 Å². The van der Waals surface area contributed by atoms with E-state index in [2.05, 4.69) is 20.6 Å². The van der Waals surface area contributed by atoms with Crippen molar-refractivity contribution in [1.82, 2.24) is 9.97 Å². The fourth-order valence-electron chi connectivity index (χ4n) is 2.92. The number of aromatic nitrogens is 2. The number of nitrogens with one attached hydrogen (secondary N) is 2. The van der Waals surface area contributed by atoms with Gasteiger partial charge in [0.15, 0.2) is 5.13 Å². The van der Waals surface area contributed by atoms with E-state index in [0.717, 1.165) is 22.1 Å². The number of pyridine rings is 1. The minimum Gasteiger partial charge on any atom is -0.308 e. The lowest BCUT2D eigenvalue weighted by atomic mass is 10.1. The van der Waals surface area contributed by atoms with Crippen LogP contribution < -0.4 is 15.5 Å². The molecule has 0 aliphatic heterocycles. The fourth-order valence-corrected chi connectivity index (χ4v) is 3.59. The van der Waals surface area contributed by atoms with Crippen LogP contribution in [-0.2, 0) is 0 Å². The second-order valence-corrected chi connectivity index (χ2v) is 7.32. The van der Waals surface area contributed by atoms with Crippen molar-refractivity contribution in [3.63, 3.8) is 0 Å². The maximum absolute atomic E-state index is 13.0. The first kappa shape index (κ1) is 19.5. The molecule has 4 rings (SSSR count). The van der Waals surface area contributed by atoms with Crippen LogP contribution in [0.25, 0.3) is 0 Å². The molecule has 0 fully saturated rings. The molecule has 2 amide bonds. The van der Waals surface area contributed by atoms with Gasteiger partial charge in [0.25, 0.3) is 0 Å². The van der Waals surface area contributed by atoms with Crippen LogP contribution in [0.3, 0.4) is 0 Å². The lowest BCUT2D eigenvalue weighted by molar-refractivity contribution is 0.262. The third kappa shape index (κ3) is 4.44. The summed E-state index contributed by atoms with van der Waals surface area (Å²) in [6.07, 6.45) is 5.23. The molecular weight excluding hydrogens is 401 g/mol. The molecule has 0 saturated carbocycles. The monoisotopic (exact) mass is 419 g/mol. The topological polar surface area (TPSA) is 70.2 Å². The number of urea groups is 1. The van der Waals surface area contributed by atoms with Gasteiger partial charge in [0, 0.05) is 29.1 Å². The molecule has 0 saturated heterocycles. The number of amides is 2. The zero-order chi connectivity index (χ0) is 20.9. The van der Waals surface area contributed by atoms with Gasteiger partial charge in [-0.25, -0.2) is 14.2 Å². The quantitative estimate of drug-likeness (QED) is 0.410. The molecule has 8 heteroatoms. The molecule has 0 aliphatic rings. The Morgan fingerprint density at radius 3 is 2.50 bits per heavy atom. The van der Waals surface area contributed by atoms with Gasteiger partial charge in [-0.1, -0.05) is 6.07 Å². The Morgan fingerprint density at radius 2 is 1.80 bits per heavy atom. The number of halogens is 1. The number of rotatable bonds is 5. The fraction of sp³-hybridized carbons (Fsp3) is 0.0455. The first-order valence-corrected chi connectivity index (χ1v) is 10.0. The Bertz CT molecular complexity index is 1130. The second kappa shape index (κ2) is 8.71. The van der Waals surface area contributed by atoms with Crippen LogP contribution in [0, 0.1) is 12.7 Å². The summed E-state index contributed by atoms with van der Waals surface area (Å²) in [5.41, 5.74) is 3.86. The molecule has 2 aromatic heterocycles. The van der Waals surface area contributed by atoms with Crippen molar-refractivity contribution in [1.29, 1.82) is 0 Å². The first-order chi connectivity index (χ1) is 14.6. The molecular formula is C22H18FN5OS. The van der Waals surface area contributed by atoms with Crippen LogP contribution in [0.1, 0.15) is 5.56 Å². The number of nitrogens with zero attached hydrogens (tertiary/aromatic N) is 3. The van der Waals surface area contributed by atoms with Crippen LogP contribution >= 0.6 is 11.3 Å². The van der Waals surface area contributed by atoms with E-state index in [9.17, 15) is 9.18 Å². The predicted octanol–water partition coefficient (Wildman–Crippen LogP) is 6.10. The average molecular weight is 419 g/mol. The van der Waals surface area contributed by atoms with Crippen LogP contribution in [-0.4, -0.2) is 16.0 Å². The van der Waals surface area contributed by atoms with Gasteiger partial charge in [0.2, 0.25) is 0 Å². The van der Waals surface area contributed by atoms with Gasteiger partial charge in [0.1, 0.15) is 5.82 Å². The summed E-state index contributed by atoms with van der Waals surface area (Å²) in [4.78, 5) is 23.1. The molecule has 0 bridgehead atoms. The third-order valence-corrected chi connectivity index (χ3v) is 5.08. The van der Waals surface area contributed by atoms with Gasteiger partial charge < -0.3 is 10.6 Å². The summed E-state index contributed by atoms with van der Waals surface area (Å²) < 4.78 is 13.0.